The van der Waals surface area contributed by atoms with Crippen molar-refractivity contribution in [3.63, 3.8) is 0 Å². The molecule has 0 spiro atoms. The molecule has 2 aromatic carbocycles. The molecule has 0 atom stereocenters. The normalized spacial score (nSPS) is 11.9. The molecule has 3 aromatic rings. The van der Waals surface area contributed by atoms with Crippen LogP contribution in [0.1, 0.15) is 29.5 Å². The van der Waals surface area contributed by atoms with Gasteiger partial charge in [-0.1, -0.05) is 36.9 Å². The molecule has 7 nitrogen and oxygen atoms in total. The van der Waals surface area contributed by atoms with Crippen molar-refractivity contribution in [2.75, 3.05) is 13.7 Å². The summed E-state index contributed by atoms with van der Waals surface area (Å²) >= 11 is 0. The summed E-state index contributed by atoms with van der Waals surface area (Å²) < 4.78 is 7.75. The number of aromatic nitrogens is 2. The number of nitrogens with one attached hydrogen (secondary N) is 1. The van der Waals surface area contributed by atoms with Crippen molar-refractivity contribution < 1.29 is 9.53 Å². The number of rotatable bonds is 7. The quantitative estimate of drug-likeness (QED) is 0.467. The Kier molecular flexibility index (Phi) is 5.75. The van der Waals surface area contributed by atoms with Gasteiger partial charge in [0, 0.05) is 25.6 Å². The number of H-pyrrole nitrogens is 1. The highest BCUT2D eigenvalue weighted by Gasteiger charge is 2.17. The first-order chi connectivity index (χ1) is 14.9. The van der Waals surface area contributed by atoms with Gasteiger partial charge < -0.3 is 14.2 Å². The van der Waals surface area contributed by atoms with Crippen molar-refractivity contribution in [1.82, 2.24) is 14.5 Å². The number of ether oxygens (including phenoxy) is 1. The van der Waals surface area contributed by atoms with Crippen LogP contribution in [0.2, 0.25) is 0 Å². The van der Waals surface area contributed by atoms with E-state index >= 15 is 0 Å². The van der Waals surface area contributed by atoms with Gasteiger partial charge in [-0.05, 0) is 36.6 Å². The number of carbonyl (C=O) groups excluding carboxylic acids is 1. The smallest absolute Gasteiger partial charge is 0.274 e. The summed E-state index contributed by atoms with van der Waals surface area (Å²) in [6.45, 7) is 7.40. The lowest BCUT2D eigenvalue weighted by Crippen LogP contribution is -2.32. The second kappa shape index (κ2) is 8.63. The highest BCUT2D eigenvalue weighted by molar-refractivity contribution is 5.75. The van der Waals surface area contributed by atoms with Crippen LogP contribution in [0.5, 0.6) is 5.75 Å². The van der Waals surface area contributed by atoms with Crippen LogP contribution in [0, 0.1) is 6.92 Å². The minimum absolute atomic E-state index is 0.0983. The van der Waals surface area contributed by atoms with Gasteiger partial charge in [-0.3, -0.25) is 14.6 Å². The van der Waals surface area contributed by atoms with Crippen molar-refractivity contribution in [3.05, 3.63) is 80.5 Å². The molecule has 0 radical (unpaired) electrons. The molecule has 1 aliphatic rings. The summed E-state index contributed by atoms with van der Waals surface area (Å²) in [5.41, 5.74) is 4.24. The van der Waals surface area contributed by atoms with Crippen molar-refractivity contribution in [2.45, 2.75) is 32.9 Å². The third kappa shape index (κ3) is 4.30. The van der Waals surface area contributed by atoms with E-state index < -0.39 is 0 Å². The van der Waals surface area contributed by atoms with Crippen LogP contribution in [0.25, 0.3) is 6.58 Å². The minimum atomic E-state index is -0.220. The molecule has 0 unspecified atom stereocenters. The van der Waals surface area contributed by atoms with E-state index in [0.717, 1.165) is 28.1 Å². The van der Waals surface area contributed by atoms with Gasteiger partial charge in [0.05, 0.1) is 18.8 Å². The first-order valence-electron chi connectivity index (χ1n) is 10.3. The van der Waals surface area contributed by atoms with Crippen LogP contribution in [-0.2, 0) is 17.9 Å². The predicted octanol–water partition coefficient (Wildman–Crippen LogP) is 2.03. The van der Waals surface area contributed by atoms with Crippen LogP contribution in [-0.4, -0.2) is 34.0 Å². The summed E-state index contributed by atoms with van der Waals surface area (Å²) in [5, 5.41) is 0.397. The summed E-state index contributed by atoms with van der Waals surface area (Å²) in [4.78, 5) is 33.2. The fraction of sp³-hybridized carbons (Fsp3) is 0.292. The zero-order valence-electron chi connectivity index (χ0n) is 17.9. The van der Waals surface area contributed by atoms with Gasteiger partial charge in [0.2, 0.25) is 11.5 Å². The maximum absolute atomic E-state index is 12.4. The van der Waals surface area contributed by atoms with Crippen LogP contribution in [0.3, 0.4) is 0 Å². The van der Waals surface area contributed by atoms with Gasteiger partial charge in [-0.25, -0.2) is 4.99 Å². The summed E-state index contributed by atoms with van der Waals surface area (Å²) in [5.74, 6) is 0.868. The van der Waals surface area contributed by atoms with Crippen LogP contribution < -0.4 is 21.3 Å². The Hall–Kier alpha value is -3.61. The molecule has 160 valence electrons. The van der Waals surface area contributed by atoms with Gasteiger partial charge in [0.15, 0.2) is 0 Å². The third-order valence-corrected chi connectivity index (χ3v) is 5.62. The number of benzene rings is 2. The third-order valence-electron chi connectivity index (χ3n) is 5.62. The lowest BCUT2D eigenvalue weighted by atomic mass is 10.0. The molecule has 4 rings (SSSR count). The summed E-state index contributed by atoms with van der Waals surface area (Å²) in [6.07, 6.45) is 1.07. The highest BCUT2D eigenvalue weighted by Crippen LogP contribution is 2.31. The molecule has 1 aliphatic heterocycles. The molecule has 31 heavy (non-hydrogen) atoms. The maximum atomic E-state index is 12.4. The zero-order valence-corrected chi connectivity index (χ0v) is 17.9. The highest BCUT2D eigenvalue weighted by atomic mass is 16.5. The number of hydrogen-bond acceptors (Lipinski definition) is 4. The van der Waals surface area contributed by atoms with Gasteiger partial charge >= 0.3 is 0 Å². The topological polar surface area (TPSA) is 79.7 Å². The fourth-order valence-electron chi connectivity index (χ4n) is 3.75. The Morgan fingerprint density at radius 2 is 2.03 bits per heavy atom. The number of fused-ring (bicyclic) bond motifs is 2. The molecule has 0 fully saturated rings. The Morgan fingerprint density at radius 1 is 1.26 bits per heavy atom. The lowest BCUT2D eigenvalue weighted by Gasteiger charge is -2.19. The summed E-state index contributed by atoms with van der Waals surface area (Å²) in [6, 6.07) is 13.7. The van der Waals surface area contributed by atoms with E-state index in [1.54, 1.807) is 9.47 Å². The van der Waals surface area contributed by atoms with Crippen LogP contribution >= 0.6 is 0 Å². The molecule has 1 aromatic heterocycles. The molecule has 0 bridgehead atoms. The van der Waals surface area contributed by atoms with Crippen molar-refractivity contribution in [3.8, 4) is 5.75 Å². The number of imidazole rings is 1. The van der Waals surface area contributed by atoms with Crippen LogP contribution in [0.15, 0.2) is 52.3 Å². The Bertz CT molecular complexity index is 1270. The number of amides is 1. The van der Waals surface area contributed by atoms with Gasteiger partial charge in [-0.2, -0.15) is 0 Å². The van der Waals surface area contributed by atoms with Crippen molar-refractivity contribution >= 4 is 18.2 Å². The van der Waals surface area contributed by atoms with E-state index in [-0.39, 0.29) is 11.5 Å². The Morgan fingerprint density at radius 3 is 2.81 bits per heavy atom. The van der Waals surface area contributed by atoms with Gasteiger partial charge in [0.25, 0.3) is 5.56 Å². The van der Waals surface area contributed by atoms with E-state index in [0.29, 0.717) is 43.5 Å². The van der Waals surface area contributed by atoms with E-state index in [4.69, 9.17) is 4.74 Å². The average Bonchev–Trinajstić information content (AvgIpc) is 3.05. The van der Waals surface area contributed by atoms with Gasteiger partial charge in [0.1, 0.15) is 11.1 Å². The SMILES string of the molecule is C=c1c(=O)[nH]c2n1Cc1c(ccc(OCCCC(=O)N(C)Cc3ccccc3)c1C)N=2. The van der Waals surface area contributed by atoms with E-state index in [2.05, 4.69) is 16.6 Å². The molecular weight excluding hydrogens is 392 g/mol. The second-order valence-electron chi connectivity index (χ2n) is 7.80. The van der Waals surface area contributed by atoms with Crippen molar-refractivity contribution in [2.24, 2.45) is 4.99 Å². The zero-order chi connectivity index (χ0) is 22.0. The molecule has 1 amide bonds. The number of carbonyl (C=O) groups is 1. The Balaban J connectivity index is 1.34. The lowest BCUT2D eigenvalue weighted by molar-refractivity contribution is -0.130. The maximum Gasteiger partial charge on any atom is 0.274 e. The molecule has 0 saturated heterocycles. The first-order valence-corrected chi connectivity index (χ1v) is 10.3. The van der Waals surface area contributed by atoms with Crippen LogP contribution in [0.4, 0.5) is 5.69 Å². The number of nitrogens with zero attached hydrogens (tertiary/aromatic N) is 3. The predicted molar refractivity (Wildman–Crippen MR) is 119 cm³/mol. The number of aromatic amines is 1. The van der Waals surface area contributed by atoms with Gasteiger partial charge in [-0.15, -0.1) is 0 Å². The minimum Gasteiger partial charge on any atom is -0.493 e. The molecule has 0 saturated carbocycles. The standard InChI is InChI=1S/C24H26N4O3/c1-16-19-15-28-17(2)23(30)26-24(28)25-20(19)11-12-21(16)31-13-7-10-22(29)27(3)14-18-8-5-4-6-9-18/h4-6,8-9,11-12H,2,7,10,13-15H2,1,3H3,(H,25,26,30). The average molecular weight is 418 g/mol. The summed E-state index contributed by atoms with van der Waals surface area (Å²) in [7, 11) is 1.82. The molecular formula is C24H26N4O3. The van der Waals surface area contributed by atoms with E-state index in [1.165, 1.54) is 0 Å². The van der Waals surface area contributed by atoms with Crippen molar-refractivity contribution in [1.29, 1.82) is 0 Å². The number of hydrogen-bond donors (Lipinski definition) is 1. The van der Waals surface area contributed by atoms with E-state index in [1.807, 2.05) is 56.4 Å². The fourth-order valence-corrected chi connectivity index (χ4v) is 3.75. The second-order valence-corrected chi connectivity index (χ2v) is 7.80. The largest absolute Gasteiger partial charge is 0.493 e. The molecule has 2 heterocycles. The molecule has 1 N–H and O–H groups in total. The first kappa shape index (κ1) is 20.7. The molecule has 7 heteroatoms. The van der Waals surface area contributed by atoms with E-state index in [9.17, 15) is 9.59 Å². The molecule has 0 aliphatic carbocycles. The Labute approximate surface area is 180 Å². The monoisotopic (exact) mass is 418 g/mol.